The van der Waals surface area contributed by atoms with Gasteiger partial charge < -0.3 is 10.3 Å². The normalized spacial score (nSPS) is 13.5. The average molecular weight is 368 g/mol. The molecule has 0 atom stereocenters. The molecule has 138 valence electrons. The lowest BCUT2D eigenvalue weighted by molar-refractivity contribution is 0.101. The van der Waals surface area contributed by atoms with Gasteiger partial charge in [-0.25, -0.2) is 4.98 Å². The minimum atomic E-state index is -0.355. The number of rotatable bonds is 4. The summed E-state index contributed by atoms with van der Waals surface area (Å²) in [5, 5.41) is 11.9. The fourth-order valence-electron chi connectivity index (χ4n) is 3.49. The number of aromatic amines is 1. The number of nitrogens with zero attached hydrogens (tertiary/aromatic N) is 2. The number of carbonyl (C=O) groups is 1. The van der Waals surface area contributed by atoms with E-state index in [-0.39, 0.29) is 17.4 Å². The highest BCUT2D eigenvalue weighted by molar-refractivity contribution is 6.03. The van der Waals surface area contributed by atoms with Gasteiger partial charge in [0.2, 0.25) is 0 Å². The number of carbonyl (C=O) groups excluding carboxylic acids is 1. The number of hydrogen-bond acceptors (Lipinski definition) is 3. The number of nitrogens with one attached hydrogen (secondary N) is 2. The van der Waals surface area contributed by atoms with Crippen LogP contribution in [-0.4, -0.2) is 15.9 Å². The quantitative estimate of drug-likeness (QED) is 0.667. The number of benzene rings is 2. The zero-order chi connectivity index (χ0) is 19.3. The van der Waals surface area contributed by atoms with Gasteiger partial charge in [-0.1, -0.05) is 42.5 Å². The summed E-state index contributed by atoms with van der Waals surface area (Å²) in [5.41, 5.74) is 5.58. The van der Waals surface area contributed by atoms with Crippen molar-refractivity contribution >= 4 is 17.2 Å². The van der Waals surface area contributed by atoms with Crippen molar-refractivity contribution in [1.29, 1.82) is 5.26 Å². The molecule has 5 heteroatoms. The van der Waals surface area contributed by atoms with E-state index in [1.807, 2.05) is 36.4 Å². The molecule has 1 aliphatic carbocycles. The Bertz CT molecular complexity index is 1070. The van der Waals surface area contributed by atoms with Crippen LogP contribution in [0.25, 0.3) is 16.7 Å². The first kappa shape index (κ1) is 17.7. The summed E-state index contributed by atoms with van der Waals surface area (Å²) in [6.45, 7) is 0. The van der Waals surface area contributed by atoms with Crippen molar-refractivity contribution in [2.24, 2.45) is 0 Å². The van der Waals surface area contributed by atoms with Crippen molar-refractivity contribution in [3.8, 4) is 17.2 Å². The van der Waals surface area contributed by atoms with Gasteiger partial charge in [-0.2, -0.15) is 5.26 Å². The highest BCUT2D eigenvalue weighted by Gasteiger charge is 2.16. The Hall–Kier alpha value is -3.65. The maximum absolute atomic E-state index is 12.6. The topological polar surface area (TPSA) is 81.6 Å². The van der Waals surface area contributed by atoms with E-state index in [2.05, 4.69) is 39.6 Å². The molecule has 4 rings (SSSR count). The van der Waals surface area contributed by atoms with Crippen LogP contribution in [-0.2, 0) is 0 Å². The fraction of sp³-hybridized carbons (Fsp3) is 0.174. The van der Waals surface area contributed by atoms with E-state index in [1.54, 1.807) is 0 Å². The maximum Gasteiger partial charge on any atom is 0.291 e. The van der Waals surface area contributed by atoms with Crippen LogP contribution < -0.4 is 5.32 Å². The molecule has 0 saturated heterocycles. The Labute approximate surface area is 163 Å². The van der Waals surface area contributed by atoms with Crippen LogP contribution in [0.4, 0.5) is 5.69 Å². The van der Waals surface area contributed by atoms with Crippen LogP contribution in [0.2, 0.25) is 0 Å². The number of H-pyrrole nitrogens is 1. The summed E-state index contributed by atoms with van der Waals surface area (Å²) in [6.07, 6.45) is 8.04. The molecule has 5 nitrogen and oxygen atoms in total. The molecule has 0 saturated carbocycles. The SMILES string of the molecule is N#Cc1cnc(C(=O)Nc2ccc(-c3ccccc3)cc2C2=CCCCC2)[nH]1. The molecule has 2 N–H and O–H groups in total. The number of anilines is 1. The highest BCUT2D eigenvalue weighted by Crippen LogP contribution is 2.35. The molecular formula is C23H20N4O. The van der Waals surface area contributed by atoms with Gasteiger partial charge in [-0.05, 0) is 54.5 Å². The molecule has 0 spiro atoms. The second kappa shape index (κ2) is 7.93. The maximum atomic E-state index is 12.6. The number of imidazole rings is 1. The Kier molecular flexibility index (Phi) is 5.03. The van der Waals surface area contributed by atoms with Crippen molar-refractivity contribution in [3.63, 3.8) is 0 Å². The van der Waals surface area contributed by atoms with E-state index in [0.29, 0.717) is 0 Å². The summed E-state index contributed by atoms with van der Waals surface area (Å²) >= 11 is 0. The highest BCUT2D eigenvalue weighted by atomic mass is 16.2. The van der Waals surface area contributed by atoms with Crippen LogP contribution in [0.5, 0.6) is 0 Å². The lowest BCUT2D eigenvalue weighted by Crippen LogP contribution is -2.15. The van der Waals surface area contributed by atoms with Gasteiger partial charge in [0.05, 0.1) is 6.20 Å². The van der Waals surface area contributed by atoms with Gasteiger partial charge in [0.15, 0.2) is 5.82 Å². The summed E-state index contributed by atoms with van der Waals surface area (Å²) in [4.78, 5) is 19.3. The predicted octanol–water partition coefficient (Wildman–Crippen LogP) is 5.16. The van der Waals surface area contributed by atoms with Gasteiger partial charge >= 0.3 is 0 Å². The van der Waals surface area contributed by atoms with Crippen molar-refractivity contribution in [2.75, 3.05) is 5.32 Å². The molecule has 0 bridgehead atoms. The second-order valence-corrected chi connectivity index (χ2v) is 6.81. The Morgan fingerprint density at radius 3 is 2.68 bits per heavy atom. The monoisotopic (exact) mass is 368 g/mol. The van der Waals surface area contributed by atoms with Crippen molar-refractivity contribution < 1.29 is 4.79 Å². The molecule has 1 aliphatic rings. The molecule has 3 aromatic rings. The summed E-state index contributed by atoms with van der Waals surface area (Å²) in [7, 11) is 0. The second-order valence-electron chi connectivity index (χ2n) is 6.81. The number of aromatic nitrogens is 2. The van der Waals surface area contributed by atoms with Crippen LogP contribution in [0, 0.1) is 11.3 Å². The summed E-state index contributed by atoms with van der Waals surface area (Å²) in [5.74, 6) is -0.223. The number of allylic oxidation sites excluding steroid dienone is 2. The van der Waals surface area contributed by atoms with Crippen molar-refractivity contribution in [1.82, 2.24) is 9.97 Å². The van der Waals surface area contributed by atoms with Crippen LogP contribution in [0.1, 0.15) is 47.6 Å². The first-order valence-electron chi connectivity index (χ1n) is 9.40. The smallest absolute Gasteiger partial charge is 0.291 e. The van der Waals surface area contributed by atoms with E-state index in [4.69, 9.17) is 5.26 Å². The average Bonchev–Trinajstić information content (AvgIpc) is 3.25. The van der Waals surface area contributed by atoms with Crippen molar-refractivity contribution in [3.05, 3.63) is 77.9 Å². The van der Waals surface area contributed by atoms with E-state index < -0.39 is 0 Å². The lowest BCUT2D eigenvalue weighted by atomic mass is 9.90. The minimum absolute atomic E-state index is 0.132. The van der Waals surface area contributed by atoms with E-state index in [1.165, 1.54) is 18.2 Å². The van der Waals surface area contributed by atoms with Gasteiger partial charge in [0.1, 0.15) is 11.8 Å². The van der Waals surface area contributed by atoms with E-state index >= 15 is 0 Å². The molecule has 1 aromatic heterocycles. The molecule has 28 heavy (non-hydrogen) atoms. The van der Waals surface area contributed by atoms with Gasteiger partial charge in [0.25, 0.3) is 5.91 Å². The molecule has 1 amide bonds. The van der Waals surface area contributed by atoms with Crippen LogP contribution in [0.15, 0.2) is 60.8 Å². The lowest BCUT2D eigenvalue weighted by Gasteiger charge is -2.18. The first-order chi connectivity index (χ1) is 13.7. The molecule has 1 heterocycles. The molecule has 0 aliphatic heterocycles. The number of nitriles is 1. The Balaban J connectivity index is 1.70. The summed E-state index contributed by atoms with van der Waals surface area (Å²) in [6, 6.07) is 18.3. The van der Waals surface area contributed by atoms with Crippen LogP contribution in [0.3, 0.4) is 0 Å². The predicted molar refractivity (Wildman–Crippen MR) is 110 cm³/mol. The standard InChI is InChI=1S/C23H20N4O/c24-14-19-15-25-22(26-19)23(28)27-21-12-11-18(16-7-3-1-4-8-16)13-20(21)17-9-5-2-6-10-17/h1,3-4,7-9,11-13,15H,2,5-6,10H2,(H,25,26)(H,27,28). The van der Waals surface area contributed by atoms with E-state index in [0.717, 1.165) is 41.6 Å². The molecule has 2 aromatic carbocycles. The van der Waals surface area contributed by atoms with Gasteiger partial charge in [-0.15, -0.1) is 0 Å². The fourth-order valence-corrected chi connectivity index (χ4v) is 3.49. The molecule has 0 unspecified atom stereocenters. The molecular weight excluding hydrogens is 348 g/mol. The van der Waals surface area contributed by atoms with Crippen LogP contribution >= 0.6 is 0 Å². The first-order valence-corrected chi connectivity index (χ1v) is 9.40. The minimum Gasteiger partial charge on any atom is -0.326 e. The third kappa shape index (κ3) is 3.72. The Morgan fingerprint density at radius 2 is 1.96 bits per heavy atom. The zero-order valence-corrected chi connectivity index (χ0v) is 15.4. The number of hydrogen-bond donors (Lipinski definition) is 2. The third-order valence-electron chi connectivity index (χ3n) is 4.92. The largest absolute Gasteiger partial charge is 0.326 e. The molecule has 0 radical (unpaired) electrons. The molecule has 0 fully saturated rings. The zero-order valence-electron chi connectivity index (χ0n) is 15.4. The Morgan fingerprint density at radius 1 is 1.11 bits per heavy atom. The van der Waals surface area contributed by atoms with Crippen molar-refractivity contribution in [2.45, 2.75) is 25.7 Å². The van der Waals surface area contributed by atoms with Gasteiger partial charge in [0, 0.05) is 11.3 Å². The van der Waals surface area contributed by atoms with Gasteiger partial charge in [-0.3, -0.25) is 4.79 Å². The third-order valence-corrected chi connectivity index (χ3v) is 4.92. The number of amides is 1. The summed E-state index contributed by atoms with van der Waals surface area (Å²) < 4.78 is 0. The van der Waals surface area contributed by atoms with E-state index in [9.17, 15) is 4.79 Å².